The second-order valence-corrected chi connectivity index (χ2v) is 7.91. The third-order valence-corrected chi connectivity index (χ3v) is 5.17. The molecule has 0 saturated carbocycles. The predicted octanol–water partition coefficient (Wildman–Crippen LogP) is -0.718. The van der Waals surface area contributed by atoms with E-state index >= 15 is 0 Å². The highest BCUT2D eigenvalue weighted by Gasteiger charge is 2.44. The summed E-state index contributed by atoms with van der Waals surface area (Å²) in [5.41, 5.74) is 0.274. The molecule has 154 valence electrons. The van der Waals surface area contributed by atoms with Gasteiger partial charge in [-0.15, -0.1) is 0 Å². The number of allylic oxidation sites excluding steroid dienone is 2. The van der Waals surface area contributed by atoms with E-state index in [1.807, 2.05) is 19.9 Å². The number of rotatable bonds is 6. The van der Waals surface area contributed by atoms with Gasteiger partial charge in [0.25, 0.3) is 0 Å². The zero-order valence-electron chi connectivity index (χ0n) is 15.9. The fourth-order valence-electron chi connectivity index (χ4n) is 3.64. The number of carbonyl (C=O) groups excluding carboxylic acids is 1. The summed E-state index contributed by atoms with van der Waals surface area (Å²) in [4.78, 5) is 11.8. The molecule has 0 bridgehead atoms. The molecule has 0 aromatic heterocycles. The molecule has 0 unspecified atom stereocenters. The van der Waals surface area contributed by atoms with Crippen LogP contribution in [0.15, 0.2) is 23.8 Å². The van der Waals surface area contributed by atoms with E-state index in [1.165, 1.54) is 6.08 Å². The molecule has 0 aromatic rings. The molecule has 7 atom stereocenters. The smallest absolute Gasteiger partial charge is 0.187 e. The van der Waals surface area contributed by atoms with Gasteiger partial charge in [0, 0.05) is 12.3 Å². The molecule has 1 saturated heterocycles. The van der Waals surface area contributed by atoms with Crippen molar-refractivity contribution in [1.82, 2.24) is 0 Å². The van der Waals surface area contributed by atoms with Crippen LogP contribution in [0.1, 0.15) is 27.2 Å². The van der Waals surface area contributed by atoms with Crippen molar-refractivity contribution in [3.63, 3.8) is 0 Å². The summed E-state index contributed by atoms with van der Waals surface area (Å²) in [6.45, 7) is 4.87. The van der Waals surface area contributed by atoms with E-state index in [0.717, 1.165) is 0 Å². The second-order valence-electron chi connectivity index (χ2n) is 7.91. The van der Waals surface area contributed by atoms with Crippen LogP contribution in [0.2, 0.25) is 0 Å². The van der Waals surface area contributed by atoms with Gasteiger partial charge in [-0.2, -0.15) is 0 Å². The van der Waals surface area contributed by atoms with Gasteiger partial charge in [0.05, 0.1) is 19.3 Å². The van der Waals surface area contributed by atoms with Gasteiger partial charge < -0.3 is 35.0 Å². The molecule has 27 heavy (non-hydrogen) atoms. The van der Waals surface area contributed by atoms with Gasteiger partial charge in [0.15, 0.2) is 12.1 Å². The zero-order valence-corrected chi connectivity index (χ0v) is 15.9. The van der Waals surface area contributed by atoms with Crippen LogP contribution in [0.4, 0.5) is 0 Å². The van der Waals surface area contributed by atoms with E-state index in [0.29, 0.717) is 12.0 Å². The molecule has 1 heterocycles. The zero-order chi connectivity index (χ0) is 20.4. The third kappa shape index (κ3) is 5.03. The minimum Gasteiger partial charge on any atom is -0.394 e. The maximum Gasteiger partial charge on any atom is 0.187 e. The Bertz CT molecular complexity index is 582. The second kappa shape index (κ2) is 8.91. The van der Waals surface area contributed by atoms with Crippen molar-refractivity contribution in [2.45, 2.75) is 64.0 Å². The van der Waals surface area contributed by atoms with Gasteiger partial charge in [0.2, 0.25) is 0 Å². The van der Waals surface area contributed by atoms with Gasteiger partial charge in [-0.3, -0.25) is 4.79 Å². The van der Waals surface area contributed by atoms with Crippen LogP contribution in [0.3, 0.4) is 0 Å². The summed E-state index contributed by atoms with van der Waals surface area (Å²) < 4.78 is 10.9. The van der Waals surface area contributed by atoms with Gasteiger partial charge in [-0.1, -0.05) is 26.0 Å². The number of aliphatic hydroxyl groups is 5. The van der Waals surface area contributed by atoms with Crippen LogP contribution in [0, 0.1) is 11.3 Å². The van der Waals surface area contributed by atoms with Crippen LogP contribution >= 0.6 is 0 Å². The standard InChI is InChI=1S/C19H30O8/c1-10(26-18-17(25)16(24)15(23)14(9-21)27-18)4-5-13-11(8-20)6-12(22)7-19(13,2)3/h4-6,10,13-18,20-21,23-25H,7-9H2,1-3H3/b5-4+/t10-,13+,14+,15+,16-,17+,18+/m0/s1. The molecule has 1 fully saturated rings. The summed E-state index contributed by atoms with van der Waals surface area (Å²) in [6.07, 6.45) is -1.74. The maximum atomic E-state index is 11.8. The lowest BCUT2D eigenvalue weighted by Crippen LogP contribution is -2.59. The Morgan fingerprint density at radius 1 is 1.26 bits per heavy atom. The summed E-state index contributed by atoms with van der Waals surface area (Å²) in [5.74, 6) is -0.166. The van der Waals surface area contributed by atoms with Gasteiger partial charge >= 0.3 is 0 Å². The normalized spacial score (nSPS) is 38.1. The van der Waals surface area contributed by atoms with E-state index in [1.54, 1.807) is 13.0 Å². The fraction of sp³-hybridized carbons (Fsp3) is 0.737. The van der Waals surface area contributed by atoms with Crippen molar-refractivity contribution in [2.75, 3.05) is 13.2 Å². The third-order valence-electron chi connectivity index (χ3n) is 5.17. The maximum absolute atomic E-state index is 11.8. The Morgan fingerprint density at radius 2 is 1.93 bits per heavy atom. The molecule has 5 N–H and O–H groups in total. The van der Waals surface area contributed by atoms with Gasteiger partial charge in [-0.05, 0) is 24.0 Å². The monoisotopic (exact) mass is 386 g/mol. The van der Waals surface area contributed by atoms with Crippen molar-refractivity contribution >= 4 is 5.78 Å². The highest BCUT2D eigenvalue weighted by Crippen LogP contribution is 2.40. The molecule has 1 aliphatic heterocycles. The van der Waals surface area contributed by atoms with Crippen LogP contribution in [-0.2, 0) is 14.3 Å². The highest BCUT2D eigenvalue weighted by atomic mass is 16.7. The van der Waals surface area contributed by atoms with Crippen molar-refractivity contribution in [3.05, 3.63) is 23.8 Å². The van der Waals surface area contributed by atoms with E-state index in [9.17, 15) is 30.3 Å². The number of aliphatic hydroxyl groups excluding tert-OH is 5. The average Bonchev–Trinajstić information content (AvgIpc) is 2.59. The van der Waals surface area contributed by atoms with E-state index in [2.05, 4.69) is 0 Å². The lowest BCUT2D eigenvalue weighted by molar-refractivity contribution is -0.306. The summed E-state index contributed by atoms with van der Waals surface area (Å²) in [7, 11) is 0. The molecule has 0 amide bonds. The Labute approximate surface area is 158 Å². The highest BCUT2D eigenvalue weighted by molar-refractivity contribution is 5.92. The Morgan fingerprint density at radius 3 is 2.52 bits per heavy atom. The first-order valence-electron chi connectivity index (χ1n) is 9.09. The van der Waals surface area contributed by atoms with E-state index in [-0.39, 0.29) is 23.7 Å². The number of ether oxygens (including phenoxy) is 2. The molecule has 8 nitrogen and oxygen atoms in total. The quantitative estimate of drug-likeness (QED) is 0.377. The van der Waals surface area contributed by atoms with E-state index in [4.69, 9.17) is 9.47 Å². The number of hydrogen-bond acceptors (Lipinski definition) is 8. The lowest BCUT2D eigenvalue weighted by atomic mass is 9.68. The Kier molecular flexibility index (Phi) is 7.32. The van der Waals surface area contributed by atoms with Crippen LogP contribution in [-0.4, -0.2) is 81.3 Å². The van der Waals surface area contributed by atoms with E-state index < -0.39 is 43.4 Å². The largest absolute Gasteiger partial charge is 0.394 e. The first kappa shape index (κ1) is 22.2. The summed E-state index contributed by atoms with van der Waals surface area (Å²) in [6, 6.07) is 0. The summed E-state index contributed by atoms with van der Waals surface area (Å²) >= 11 is 0. The molecular formula is C19H30O8. The number of carbonyl (C=O) groups is 1. The molecular weight excluding hydrogens is 356 g/mol. The van der Waals surface area contributed by atoms with Crippen molar-refractivity contribution < 1.29 is 39.8 Å². The first-order valence-corrected chi connectivity index (χ1v) is 9.09. The minimum atomic E-state index is -1.50. The van der Waals surface area contributed by atoms with Crippen molar-refractivity contribution in [2.24, 2.45) is 11.3 Å². The van der Waals surface area contributed by atoms with Gasteiger partial charge in [-0.25, -0.2) is 0 Å². The van der Waals surface area contributed by atoms with Crippen LogP contribution in [0.25, 0.3) is 0 Å². The van der Waals surface area contributed by atoms with Crippen LogP contribution in [0.5, 0.6) is 0 Å². The lowest BCUT2D eigenvalue weighted by Gasteiger charge is -2.40. The molecule has 0 spiro atoms. The molecule has 2 aliphatic rings. The Hall–Kier alpha value is -1.13. The van der Waals surface area contributed by atoms with Crippen LogP contribution < -0.4 is 0 Å². The average molecular weight is 386 g/mol. The fourth-order valence-corrected chi connectivity index (χ4v) is 3.64. The number of hydrogen-bond donors (Lipinski definition) is 5. The molecule has 2 rings (SSSR count). The van der Waals surface area contributed by atoms with Gasteiger partial charge in [0.1, 0.15) is 24.4 Å². The topological polar surface area (TPSA) is 137 Å². The summed E-state index contributed by atoms with van der Waals surface area (Å²) in [5, 5.41) is 48.4. The number of ketones is 1. The molecule has 8 heteroatoms. The van der Waals surface area contributed by atoms with Crippen molar-refractivity contribution in [3.8, 4) is 0 Å². The predicted molar refractivity (Wildman–Crippen MR) is 95.5 cm³/mol. The molecule has 1 aliphatic carbocycles. The first-order chi connectivity index (χ1) is 12.6. The molecule has 0 aromatic carbocycles. The Balaban J connectivity index is 2.06. The van der Waals surface area contributed by atoms with Crippen molar-refractivity contribution in [1.29, 1.82) is 0 Å². The minimum absolute atomic E-state index is 0.0145. The molecule has 0 radical (unpaired) electrons. The SMILES string of the molecule is C[C@@H](/C=C/[C@@H]1C(CO)=CC(=O)CC1(C)C)O[C@@H]1O[C@H](CO)[C@@H](O)[C@H](O)[C@H]1O.